The molecule has 0 amide bonds. The van der Waals surface area contributed by atoms with Gasteiger partial charge in [0.15, 0.2) is 0 Å². The van der Waals surface area contributed by atoms with E-state index in [0.29, 0.717) is 5.02 Å². The third-order valence-electron chi connectivity index (χ3n) is 1.56. The number of benzene rings is 1. The Labute approximate surface area is 74.8 Å². The van der Waals surface area contributed by atoms with Crippen molar-refractivity contribution in [1.82, 2.24) is 0 Å². The van der Waals surface area contributed by atoms with Crippen molar-refractivity contribution in [3.63, 3.8) is 0 Å². The van der Waals surface area contributed by atoms with Gasteiger partial charge in [-0.3, -0.25) is 0 Å². The Morgan fingerprint density at radius 1 is 1.58 bits per heavy atom. The van der Waals surface area contributed by atoms with Crippen molar-refractivity contribution in [2.24, 2.45) is 5.73 Å². The highest BCUT2D eigenvalue weighted by molar-refractivity contribution is 6.30. The number of rotatable bonds is 2. The number of hydrogen-bond acceptors (Lipinski definition) is 2. The van der Waals surface area contributed by atoms with E-state index in [2.05, 4.69) is 0 Å². The van der Waals surface area contributed by atoms with Gasteiger partial charge in [0.25, 0.3) is 0 Å². The zero-order chi connectivity index (χ0) is 9.14. The lowest BCUT2D eigenvalue weighted by atomic mass is 10.1. The van der Waals surface area contributed by atoms with Crippen LogP contribution in [0.25, 0.3) is 0 Å². The van der Waals surface area contributed by atoms with E-state index < -0.39 is 11.9 Å². The molecule has 1 aromatic carbocycles. The second-order valence-electron chi connectivity index (χ2n) is 2.45. The average molecular weight is 190 g/mol. The fourth-order valence-electron chi connectivity index (χ4n) is 0.901. The van der Waals surface area contributed by atoms with Gasteiger partial charge in [-0.05, 0) is 12.1 Å². The quantitative estimate of drug-likeness (QED) is 0.740. The highest BCUT2D eigenvalue weighted by atomic mass is 35.5. The average Bonchev–Trinajstić information content (AvgIpc) is 2.03. The molecule has 0 heterocycles. The lowest BCUT2D eigenvalue weighted by molar-refractivity contribution is 0.265. The fraction of sp³-hybridized carbons (Fsp3) is 0.250. The van der Waals surface area contributed by atoms with Crippen molar-refractivity contribution in [1.29, 1.82) is 0 Å². The molecule has 0 saturated heterocycles. The molecule has 0 aliphatic rings. The summed E-state index contributed by atoms with van der Waals surface area (Å²) in [7, 11) is 0. The van der Waals surface area contributed by atoms with E-state index in [-0.39, 0.29) is 12.2 Å². The van der Waals surface area contributed by atoms with Gasteiger partial charge in [-0.2, -0.15) is 0 Å². The second kappa shape index (κ2) is 3.85. The van der Waals surface area contributed by atoms with Gasteiger partial charge >= 0.3 is 0 Å². The van der Waals surface area contributed by atoms with Crippen LogP contribution in [0.5, 0.6) is 0 Å². The number of hydrogen-bond donors (Lipinski definition) is 2. The molecule has 0 fully saturated rings. The molecule has 0 bridgehead atoms. The molecular weight excluding hydrogens is 181 g/mol. The monoisotopic (exact) mass is 189 g/mol. The molecule has 1 atom stereocenters. The second-order valence-corrected chi connectivity index (χ2v) is 2.89. The summed E-state index contributed by atoms with van der Waals surface area (Å²) in [4.78, 5) is 0. The molecule has 0 spiro atoms. The van der Waals surface area contributed by atoms with Gasteiger partial charge in [0.2, 0.25) is 0 Å². The molecule has 1 rings (SSSR count). The summed E-state index contributed by atoms with van der Waals surface area (Å²) in [6.07, 6.45) is 0. The lowest BCUT2D eigenvalue weighted by Gasteiger charge is -2.09. The van der Waals surface area contributed by atoms with E-state index in [4.69, 9.17) is 22.4 Å². The maximum Gasteiger partial charge on any atom is 0.129 e. The third kappa shape index (κ3) is 1.94. The van der Waals surface area contributed by atoms with Crippen molar-refractivity contribution in [3.8, 4) is 0 Å². The molecule has 66 valence electrons. The predicted molar refractivity (Wildman–Crippen MR) is 45.4 cm³/mol. The Morgan fingerprint density at radius 2 is 2.25 bits per heavy atom. The minimum Gasteiger partial charge on any atom is -0.394 e. The van der Waals surface area contributed by atoms with Crippen molar-refractivity contribution in [3.05, 3.63) is 34.6 Å². The maximum absolute atomic E-state index is 13.0. The number of halogens is 2. The van der Waals surface area contributed by atoms with Crippen LogP contribution in [0, 0.1) is 5.82 Å². The molecule has 0 unspecified atom stereocenters. The molecule has 0 aromatic heterocycles. The summed E-state index contributed by atoms with van der Waals surface area (Å²) in [5, 5.41) is 8.98. The number of aliphatic hydroxyl groups excluding tert-OH is 1. The zero-order valence-electron chi connectivity index (χ0n) is 6.30. The standard InChI is InChI=1S/C8H9ClFNO/c9-5-1-2-6(7(10)3-5)8(11)4-12/h1-3,8,12H,4,11H2/t8-/m0/s1. The summed E-state index contributed by atoms with van der Waals surface area (Å²) in [5.41, 5.74) is 5.69. The van der Waals surface area contributed by atoms with E-state index in [1.165, 1.54) is 18.2 Å². The summed E-state index contributed by atoms with van der Waals surface area (Å²) >= 11 is 5.52. The Bertz CT molecular complexity index is 280. The first-order valence-electron chi connectivity index (χ1n) is 3.46. The van der Waals surface area contributed by atoms with Crippen molar-refractivity contribution in [2.45, 2.75) is 6.04 Å². The van der Waals surface area contributed by atoms with E-state index in [1.807, 2.05) is 0 Å². The molecule has 4 heteroatoms. The minimum absolute atomic E-state index is 0.279. The maximum atomic E-state index is 13.0. The summed E-state index contributed by atoms with van der Waals surface area (Å²) in [6, 6.07) is 3.50. The van der Waals surface area contributed by atoms with E-state index >= 15 is 0 Å². The third-order valence-corrected chi connectivity index (χ3v) is 1.79. The first-order chi connectivity index (χ1) is 5.65. The Morgan fingerprint density at radius 3 is 2.75 bits per heavy atom. The molecule has 0 saturated carbocycles. The van der Waals surface area contributed by atoms with Gasteiger partial charge in [-0.1, -0.05) is 17.7 Å². The van der Waals surface area contributed by atoms with Crippen LogP contribution in [0.3, 0.4) is 0 Å². The molecule has 3 N–H and O–H groups in total. The lowest BCUT2D eigenvalue weighted by Crippen LogP contribution is -2.15. The first kappa shape index (κ1) is 9.45. The van der Waals surface area contributed by atoms with Crippen LogP contribution in [0.4, 0.5) is 4.39 Å². The highest BCUT2D eigenvalue weighted by Gasteiger charge is 2.09. The molecule has 0 aliphatic carbocycles. The SMILES string of the molecule is N[C@@H](CO)c1ccc(Cl)cc1F. The summed E-state index contributed by atoms with van der Waals surface area (Å²) in [6.45, 7) is -0.279. The van der Waals surface area contributed by atoms with Crippen LogP contribution < -0.4 is 5.73 Å². The Kier molecular flexibility index (Phi) is 3.03. The fourth-order valence-corrected chi connectivity index (χ4v) is 1.06. The topological polar surface area (TPSA) is 46.2 Å². The van der Waals surface area contributed by atoms with Crippen molar-refractivity contribution in [2.75, 3.05) is 6.61 Å². The smallest absolute Gasteiger partial charge is 0.129 e. The van der Waals surface area contributed by atoms with E-state index in [0.717, 1.165) is 0 Å². The summed E-state index contributed by atoms with van der Waals surface area (Å²) < 4.78 is 13.0. The van der Waals surface area contributed by atoms with Crippen LogP contribution in [0.2, 0.25) is 5.02 Å². The molecule has 12 heavy (non-hydrogen) atoms. The van der Waals surface area contributed by atoms with Crippen LogP contribution in [-0.2, 0) is 0 Å². The van der Waals surface area contributed by atoms with Crippen LogP contribution in [-0.4, -0.2) is 11.7 Å². The van der Waals surface area contributed by atoms with Gasteiger partial charge < -0.3 is 10.8 Å². The molecule has 1 aromatic rings. The van der Waals surface area contributed by atoms with Crippen LogP contribution >= 0.6 is 11.6 Å². The largest absolute Gasteiger partial charge is 0.394 e. The molecular formula is C8H9ClFNO. The predicted octanol–water partition coefficient (Wildman–Crippen LogP) is 1.47. The Hall–Kier alpha value is -0.640. The van der Waals surface area contributed by atoms with Crippen LogP contribution in [0.15, 0.2) is 18.2 Å². The van der Waals surface area contributed by atoms with Gasteiger partial charge in [-0.25, -0.2) is 4.39 Å². The molecule has 2 nitrogen and oxygen atoms in total. The van der Waals surface area contributed by atoms with Gasteiger partial charge in [0.05, 0.1) is 12.6 Å². The number of nitrogens with two attached hydrogens (primary N) is 1. The van der Waals surface area contributed by atoms with Gasteiger partial charge in [0, 0.05) is 10.6 Å². The van der Waals surface area contributed by atoms with Gasteiger partial charge in [0.1, 0.15) is 5.82 Å². The summed E-state index contributed by atoms with van der Waals surface area (Å²) in [5.74, 6) is -0.482. The zero-order valence-corrected chi connectivity index (χ0v) is 7.05. The van der Waals surface area contributed by atoms with Crippen molar-refractivity contribution < 1.29 is 9.50 Å². The van der Waals surface area contributed by atoms with E-state index in [1.54, 1.807) is 0 Å². The van der Waals surface area contributed by atoms with Gasteiger partial charge in [-0.15, -0.1) is 0 Å². The first-order valence-corrected chi connectivity index (χ1v) is 3.84. The highest BCUT2D eigenvalue weighted by Crippen LogP contribution is 2.18. The molecule has 0 radical (unpaired) electrons. The van der Waals surface area contributed by atoms with Crippen molar-refractivity contribution >= 4 is 11.6 Å². The molecule has 0 aliphatic heterocycles. The minimum atomic E-state index is -0.678. The van der Waals surface area contributed by atoms with Crippen LogP contribution in [0.1, 0.15) is 11.6 Å². The normalized spacial score (nSPS) is 13.0. The Balaban J connectivity index is 3.01. The number of aliphatic hydroxyl groups is 1. The van der Waals surface area contributed by atoms with E-state index in [9.17, 15) is 4.39 Å².